The maximum absolute atomic E-state index is 11.3. The number of hydrogen-bond donors (Lipinski definition) is 1. The lowest BCUT2D eigenvalue weighted by atomic mass is 10.2. The highest BCUT2D eigenvalue weighted by Gasteiger charge is 1.96. The summed E-state index contributed by atoms with van der Waals surface area (Å²) in [5.41, 5.74) is 3.65. The highest BCUT2D eigenvalue weighted by Crippen LogP contribution is 2.12. The van der Waals surface area contributed by atoms with E-state index in [9.17, 15) is 4.79 Å². The Hall–Kier alpha value is -1.22. The number of nitrogens with one attached hydrogen (secondary N) is 1. The van der Waals surface area contributed by atoms with Crippen LogP contribution in [0, 0.1) is 6.92 Å². The van der Waals surface area contributed by atoms with Crippen LogP contribution in [0.5, 0.6) is 0 Å². The lowest BCUT2D eigenvalue weighted by Gasteiger charge is -2.04. The third-order valence-electron chi connectivity index (χ3n) is 2.35. The van der Waals surface area contributed by atoms with Gasteiger partial charge >= 0.3 is 0 Å². The molecule has 0 heterocycles. The van der Waals surface area contributed by atoms with Crippen LogP contribution in [0.1, 0.15) is 25.0 Å². The Morgan fingerprint density at radius 3 is 2.56 bits per heavy atom. The summed E-state index contributed by atoms with van der Waals surface area (Å²) in [6.07, 6.45) is 1.63. The fraction of sp³-hybridized carbons (Fsp3) is 0.400. The van der Waals surface area contributed by atoms with Gasteiger partial charge in [-0.15, -0.1) is 0 Å². The van der Waals surface area contributed by atoms with E-state index in [-0.39, 0.29) is 5.91 Å². The van der Waals surface area contributed by atoms with Gasteiger partial charge in [0.15, 0.2) is 0 Å². The van der Waals surface area contributed by atoms with Gasteiger partial charge in [0.2, 0.25) is 5.91 Å². The first kappa shape index (κ1) is 14.8. The quantitative estimate of drug-likeness (QED) is 0.630. The zero-order valence-electron chi connectivity index (χ0n) is 11.3. The molecule has 0 aliphatic heterocycles. The summed E-state index contributed by atoms with van der Waals surface area (Å²) in [6.45, 7) is 6.66. The topological polar surface area (TPSA) is 29.1 Å². The van der Waals surface area contributed by atoms with Gasteiger partial charge in [-0.1, -0.05) is 35.4 Å². The molecule has 0 radical (unpaired) electrons. The molecule has 2 nitrogen and oxygen atoms in total. The molecule has 1 N–H and O–H groups in total. The predicted octanol–water partition coefficient (Wildman–Crippen LogP) is 3.31. The zero-order chi connectivity index (χ0) is 13.4. The SMILES string of the molecule is CC(C)=CC(=O)NCCSCc1ccc(C)cc1. The van der Waals surface area contributed by atoms with Crippen molar-refractivity contribution in [3.05, 3.63) is 47.0 Å². The normalized spacial score (nSPS) is 9.94. The van der Waals surface area contributed by atoms with Gasteiger partial charge in [0, 0.05) is 24.1 Å². The molecule has 1 aromatic carbocycles. The van der Waals surface area contributed by atoms with Crippen LogP contribution in [0.3, 0.4) is 0 Å². The van der Waals surface area contributed by atoms with Crippen LogP contribution >= 0.6 is 11.8 Å². The molecule has 1 rings (SSSR count). The van der Waals surface area contributed by atoms with Gasteiger partial charge in [0.05, 0.1) is 0 Å². The second kappa shape index (κ2) is 7.98. The van der Waals surface area contributed by atoms with E-state index in [2.05, 4.69) is 36.5 Å². The van der Waals surface area contributed by atoms with Gasteiger partial charge in [0.1, 0.15) is 0 Å². The summed E-state index contributed by atoms with van der Waals surface area (Å²) in [5.74, 6) is 1.94. The maximum atomic E-state index is 11.3. The zero-order valence-corrected chi connectivity index (χ0v) is 12.1. The van der Waals surface area contributed by atoms with Crippen LogP contribution in [0.25, 0.3) is 0 Å². The molecular formula is C15H21NOS. The summed E-state index contributed by atoms with van der Waals surface area (Å²) in [5, 5.41) is 2.87. The molecule has 0 unspecified atom stereocenters. The molecule has 3 heteroatoms. The highest BCUT2D eigenvalue weighted by atomic mass is 32.2. The number of hydrogen-bond acceptors (Lipinski definition) is 2. The minimum Gasteiger partial charge on any atom is -0.352 e. The molecule has 0 aliphatic rings. The third-order valence-corrected chi connectivity index (χ3v) is 3.38. The standard InChI is InChI=1S/C15H21NOS/c1-12(2)10-15(17)16-8-9-18-11-14-6-4-13(3)5-7-14/h4-7,10H,8-9,11H2,1-3H3,(H,16,17). The molecule has 0 spiro atoms. The van der Waals surface area contributed by atoms with E-state index >= 15 is 0 Å². The Bertz CT molecular complexity index is 405. The molecule has 0 aromatic heterocycles. The Balaban J connectivity index is 2.14. The monoisotopic (exact) mass is 263 g/mol. The van der Waals surface area contributed by atoms with Gasteiger partial charge in [-0.05, 0) is 26.3 Å². The van der Waals surface area contributed by atoms with Gasteiger partial charge in [-0.2, -0.15) is 11.8 Å². The van der Waals surface area contributed by atoms with Crippen molar-refractivity contribution in [1.29, 1.82) is 0 Å². The van der Waals surface area contributed by atoms with Gasteiger partial charge in [-0.3, -0.25) is 4.79 Å². The number of aryl methyl sites for hydroxylation is 1. The Morgan fingerprint density at radius 2 is 1.94 bits per heavy atom. The van der Waals surface area contributed by atoms with Gasteiger partial charge in [-0.25, -0.2) is 0 Å². The molecule has 0 saturated carbocycles. The number of benzene rings is 1. The fourth-order valence-corrected chi connectivity index (χ4v) is 2.25. The molecule has 0 atom stereocenters. The first-order chi connectivity index (χ1) is 8.58. The van der Waals surface area contributed by atoms with Crippen LogP contribution in [0.2, 0.25) is 0 Å². The number of rotatable bonds is 6. The van der Waals surface area contributed by atoms with Crippen LogP contribution in [-0.4, -0.2) is 18.2 Å². The van der Waals surface area contributed by atoms with E-state index in [1.807, 2.05) is 25.6 Å². The van der Waals surface area contributed by atoms with E-state index in [4.69, 9.17) is 0 Å². The molecule has 0 aliphatic carbocycles. The first-order valence-corrected chi connectivity index (χ1v) is 7.29. The average Bonchev–Trinajstić information content (AvgIpc) is 2.30. The van der Waals surface area contributed by atoms with Crippen LogP contribution < -0.4 is 5.32 Å². The number of carbonyl (C=O) groups is 1. The Kier molecular flexibility index (Phi) is 6.58. The van der Waals surface area contributed by atoms with E-state index in [0.717, 1.165) is 23.6 Å². The number of thioether (sulfide) groups is 1. The summed E-state index contributed by atoms with van der Waals surface area (Å²) < 4.78 is 0. The van der Waals surface area contributed by atoms with Crippen LogP contribution in [-0.2, 0) is 10.5 Å². The summed E-state index contributed by atoms with van der Waals surface area (Å²) >= 11 is 1.84. The Labute approximate surface area is 114 Å². The van der Waals surface area contributed by atoms with Crippen molar-refractivity contribution in [3.63, 3.8) is 0 Å². The molecule has 18 heavy (non-hydrogen) atoms. The van der Waals surface area contributed by atoms with E-state index in [0.29, 0.717) is 0 Å². The molecule has 1 amide bonds. The highest BCUT2D eigenvalue weighted by molar-refractivity contribution is 7.98. The molecule has 98 valence electrons. The average molecular weight is 263 g/mol. The lowest BCUT2D eigenvalue weighted by molar-refractivity contribution is -0.116. The molecule has 0 bridgehead atoms. The van der Waals surface area contributed by atoms with Crippen molar-refractivity contribution in [2.75, 3.05) is 12.3 Å². The van der Waals surface area contributed by atoms with E-state index in [1.165, 1.54) is 11.1 Å². The van der Waals surface area contributed by atoms with Crippen LogP contribution in [0.4, 0.5) is 0 Å². The molecule has 1 aromatic rings. The minimum absolute atomic E-state index is 0.00550. The van der Waals surface area contributed by atoms with Crippen molar-refractivity contribution in [2.24, 2.45) is 0 Å². The summed E-state index contributed by atoms with van der Waals surface area (Å²) in [7, 11) is 0. The van der Waals surface area contributed by atoms with Gasteiger partial charge in [0.25, 0.3) is 0 Å². The van der Waals surface area contributed by atoms with Crippen LogP contribution in [0.15, 0.2) is 35.9 Å². The number of allylic oxidation sites excluding steroid dienone is 1. The fourth-order valence-electron chi connectivity index (χ4n) is 1.43. The van der Waals surface area contributed by atoms with Gasteiger partial charge < -0.3 is 5.32 Å². The predicted molar refractivity (Wildman–Crippen MR) is 79.8 cm³/mol. The summed E-state index contributed by atoms with van der Waals surface area (Å²) in [4.78, 5) is 11.3. The lowest BCUT2D eigenvalue weighted by Crippen LogP contribution is -2.23. The minimum atomic E-state index is 0.00550. The number of carbonyl (C=O) groups excluding carboxylic acids is 1. The number of amides is 1. The van der Waals surface area contributed by atoms with Crippen molar-refractivity contribution >= 4 is 17.7 Å². The van der Waals surface area contributed by atoms with Crippen molar-refractivity contribution in [1.82, 2.24) is 5.32 Å². The second-order valence-electron chi connectivity index (χ2n) is 4.55. The second-order valence-corrected chi connectivity index (χ2v) is 5.66. The molecule has 0 fully saturated rings. The first-order valence-electron chi connectivity index (χ1n) is 6.14. The van der Waals surface area contributed by atoms with Crippen molar-refractivity contribution < 1.29 is 4.79 Å². The van der Waals surface area contributed by atoms with E-state index in [1.54, 1.807) is 6.08 Å². The van der Waals surface area contributed by atoms with E-state index < -0.39 is 0 Å². The summed E-state index contributed by atoms with van der Waals surface area (Å²) in [6, 6.07) is 8.58. The maximum Gasteiger partial charge on any atom is 0.243 e. The van der Waals surface area contributed by atoms with Crippen molar-refractivity contribution in [3.8, 4) is 0 Å². The third kappa shape index (κ3) is 6.50. The molecule has 0 saturated heterocycles. The molecular weight excluding hydrogens is 242 g/mol. The smallest absolute Gasteiger partial charge is 0.243 e. The largest absolute Gasteiger partial charge is 0.352 e. The van der Waals surface area contributed by atoms with Crippen molar-refractivity contribution in [2.45, 2.75) is 26.5 Å². The Morgan fingerprint density at radius 1 is 1.28 bits per heavy atom.